The van der Waals surface area contributed by atoms with E-state index in [2.05, 4.69) is 31.9 Å². The zero-order valence-corrected chi connectivity index (χ0v) is 53.0. The zero-order valence-electron chi connectivity index (χ0n) is 51.5. The van der Waals surface area contributed by atoms with Gasteiger partial charge in [-0.05, 0) is 112 Å². The first-order valence-corrected chi connectivity index (χ1v) is 29.8. The van der Waals surface area contributed by atoms with Gasteiger partial charge in [-0.15, -0.1) is 0 Å². The van der Waals surface area contributed by atoms with Gasteiger partial charge in [0.2, 0.25) is 41.2 Å². The molecule has 7 aromatic carbocycles. The third-order valence-corrected chi connectivity index (χ3v) is 16.8. The minimum atomic E-state index is -5.53. The molecule has 0 aliphatic carbocycles. The molecule has 17 bridgehead atoms. The zero-order chi connectivity index (χ0) is 69.5. The van der Waals surface area contributed by atoms with Crippen LogP contribution in [-0.4, -0.2) is 118 Å². The van der Waals surface area contributed by atoms with Gasteiger partial charge in [-0.1, -0.05) is 47.5 Å². The van der Waals surface area contributed by atoms with Gasteiger partial charge < -0.3 is 90.1 Å². The predicted molar refractivity (Wildman–Crippen MR) is 334 cm³/mol. The fraction of sp³-hybridized carbons (Fsp3) is 0.242. The molecule has 504 valence electrons. The maximum atomic E-state index is 16.1. The van der Waals surface area contributed by atoms with Crippen LogP contribution in [0.5, 0.6) is 69.0 Å². The van der Waals surface area contributed by atoms with Crippen molar-refractivity contribution in [3.8, 4) is 80.1 Å². The Balaban J connectivity index is 1.16. The number of halogens is 5. The maximum absolute atomic E-state index is 16.1. The average Bonchev–Trinajstić information content (AvgIpc) is 0.766. The summed E-state index contributed by atoms with van der Waals surface area (Å²) >= 11 is 14.0. The number of alkyl halides is 3. The molecule has 6 aliphatic rings. The third kappa shape index (κ3) is 13.6. The van der Waals surface area contributed by atoms with Crippen LogP contribution in [0.2, 0.25) is 10.0 Å². The van der Waals surface area contributed by atoms with Crippen molar-refractivity contribution in [2.45, 2.75) is 61.0 Å². The molecule has 9 N–H and O–H groups in total. The van der Waals surface area contributed by atoms with Crippen molar-refractivity contribution in [2.75, 3.05) is 42.7 Å². The van der Waals surface area contributed by atoms with E-state index in [1.807, 2.05) is 0 Å². The van der Waals surface area contributed by atoms with Crippen LogP contribution in [0.15, 0.2) is 115 Å². The van der Waals surface area contributed by atoms with E-state index < -0.39 is 108 Å². The number of carboxylic acid groups (broad SMARTS) is 1. The lowest BCUT2D eigenvalue weighted by Gasteiger charge is -2.31. The van der Waals surface area contributed by atoms with Crippen LogP contribution in [0, 0.1) is 0 Å². The van der Waals surface area contributed by atoms with E-state index >= 15 is 19.2 Å². The number of fused-ring (bicyclic) bond motifs is 14. The van der Waals surface area contributed by atoms with Crippen molar-refractivity contribution in [3.63, 3.8) is 0 Å². The molecule has 26 nitrogen and oxygen atoms in total. The number of benzene rings is 7. The topological polar surface area (TPSA) is 344 Å². The van der Waals surface area contributed by atoms with Crippen LogP contribution in [0.4, 0.5) is 13.2 Å². The Kier molecular flexibility index (Phi) is 18.9. The van der Waals surface area contributed by atoms with Crippen molar-refractivity contribution in [2.24, 2.45) is 0 Å². The highest BCUT2D eigenvalue weighted by molar-refractivity contribution is 6.32. The number of hydrogen-bond acceptors (Lipinski definition) is 18. The number of rotatable bonds is 8. The van der Waals surface area contributed by atoms with E-state index in [4.69, 9.17) is 65.8 Å². The largest absolute Gasteiger partial charge is 0.497 e. The van der Waals surface area contributed by atoms with Crippen LogP contribution < -0.4 is 79.8 Å². The van der Waals surface area contributed by atoms with Gasteiger partial charge in [0.15, 0.2) is 29.0 Å². The standard InChI is InChI=1S/C66H56Cl2F3N7O19/c1-89-33-17-31-18-35(24-33)95-45-21-29(9-14-44(45)92-4)51(78-65(88)66(69,70)71)59(81)72-40-16-27-7-11-42(38(67)15-27)96-47-22-32-23-48(57(47)94-6)97-43-13-10-30(20-39(43)68)56(79)55-63(85)76-54(64(86)87)37-25-34(90-2)26-46(93-5)49(37)36-19-28(8-12-41(36)91-3)50(60(82)77-55)74-62(84)53(32)75-61(83)52(31)73-58(40)80/h7-15,17-26,40,50-56,79H,16H2,1-6H3,(H,72,81)(H,73,80)(H,74,84)(H,75,83)(H,76,85)(H,77,82)(H,78,88)(H,86,87)/t40-,50-,51+,52?,53-,54?,55+,56-/m1/s1. The number of nitrogens with one attached hydrogen (secondary N) is 7. The summed E-state index contributed by atoms with van der Waals surface area (Å²) < 4.78 is 95.9. The van der Waals surface area contributed by atoms with Gasteiger partial charge in [-0.25, -0.2) is 4.79 Å². The normalized spacial score (nSPS) is 20.7. The Hall–Kier alpha value is -11.2. The molecule has 0 aromatic heterocycles. The maximum Gasteiger partial charge on any atom is 0.471 e. The number of aliphatic carboxylic acids is 1. The smallest absolute Gasteiger partial charge is 0.471 e. The molecule has 8 atom stereocenters. The summed E-state index contributed by atoms with van der Waals surface area (Å²) in [6.45, 7) is 0. The van der Waals surface area contributed by atoms with Crippen molar-refractivity contribution >= 4 is 70.5 Å². The molecule has 0 saturated heterocycles. The number of carboxylic acids is 1. The molecule has 6 heterocycles. The number of aliphatic hydroxyl groups excluding tert-OH is 1. The second-order valence-electron chi connectivity index (χ2n) is 22.1. The van der Waals surface area contributed by atoms with E-state index in [0.29, 0.717) is 0 Å². The van der Waals surface area contributed by atoms with Crippen LogP contribution in [0.1, 0.15) is 75.3 Å². The van der Waals surface area contributed by atoms with E-state index in [0.717, 1.165) is 6.07 Å². The molecule has 31 heteroatoms. The van der Waals surface area contributed by atoms with Crippen molar-refractivity contribution in [1.82, 2.24) is 37.2 Å². The first kappa shape index (κ1) is 67.3. The van der Waals surface area contributed by atoms with E-state index in [1.165, 1.54) is 152 Å². The molecule has 0 fully saturated rings. The van der Waals surface area contributed by atoms with Gasteiger partial charge in [0.05, 0.1) is 52.7 Å². The van der Waals surface area contributed by atoms with Gasteiger partial charge in [-0.3, -0.25) is 33.6 Å². The number of aliphatic hydroxyl groups is 1. The fourth-order valence-corrected chi connectivity index (χ4v) is 11.9. The summed E-state index contributed by atoms with van der Waals surface area (Å²) in [6.07, 6.45) is -8.14. The number of carbonyl (C=O) groups excluding carboxylic acids is 7. The number of amides is 7. The lowest BCUT2D eigenvalue weighted by Crippen LogP contribution is -2.55. The summed E-state index contributed by atoms with van der Waals surface area (Å²) in [5.74, 6) is -13.3. The Morgan fingerprint density at radius 1 is 0.515 bits per heavy atom. The monoisotopic (exact) mass is 1380 g/mol. The minimum absolute atomic E-state index is 0.0148. The summed E-state index contributed by atoms with van der Waals surface area (Å²) in [6, 6.07) is 10.2. The number of methoxy groups -OCH3 is 6. The Labute approximate surface area is 557 Å². The third-order valence-electron chi connectivity index (χ3n) is 16.2. The molecule has 2 unspecified atom stereocenters. The Bertz CT molecular complexity index is 4410. The molecule has 0 radical (unpaired) electrons. The first-order valence-electron chi connectivity index (χ1n) is 29.1. The molecule has 97 heavy (non-hydrogen) atoms. The molecule has 6 aliphatic heterocycles. The van der Waals surface area contributed by atoms with E-state index in [-0.39, 0.29) is 129 Å². The van der Waals surface area contributed by atoms with Gasteiger partial charge in [0, 0.05) is 35.2 Å². The molecule has 7 aromatic rings. The number of carbonyl (C=O) groups is 8. The van der Waals surface area contributed by atoms with Crippen molar-refractivity contribution < 1.29 is 104 Å². The average molecular weight is 1380 g/mol. The van der Waals surface area contributed by atoms with Gasteiger partial charge >= 0.3 is 18.1 Å². The molecule has 7 amide bonds. The molecular formula is C66H56Cl2F3N7O19. The molecule has 13 rings (SSSR count). The lowest BCUT2D eigenvalue weighted by molar-refractivity contribution is -0.174. The minimum Gasteiger partial charge on any atom is -0.497 e. The SMILES string of the molecule is COc1cc2cc(c1)C1NC(=O)[C@@H](Cc3ccc(c(Cl)c3)Oc3cc4cc(c3OC)Oc3ccc(cc3Cl)[C@@H](O)[C@@H]3NC(=O)[C@H](NC(=O)[C@@H]4NC1=O)c1ccc(OC)c(c1)-c1c(OC)cc(OC)cc1C(C(=O)O)NC3=O)NC(=O)[C@@H](NC(=O)C(F)(F)F)c1ccc(OC)c(c1)O2. The summed E-state index contributed by atoms with van der Waals surface area (Å²) in [4.78, 5) is 119. The van der Waals surface area contributed by atoms with E-state index in [1.54, 1.807) is 5.32 Å². The number of ether oxygens (including phenoxy) is 9. The Morgan fingerprint density at radius 3 is 1.69 bits per heavy atom. The van der Waals surface area contributed by atoms with Gasteiger partial charge in [0.25, 0.3) is 0 Å². The van der Waals surface area contributed by atoms with Crippen LogP contribution in [0.3, 0.4) is 0 Å². The van der Waals surface area contributed by atoms with Crippen LogP contribution in [-0.2, 0) is 44.8 Å². The first-order chi connectivity index (χ1) is 46.3. The van der Waals surface area contributed by atoms with Gasteiger partial charge in [-0.2, -0.15) is 13.2 Å². The van der Waals surface area contributed by atoms with Crippen molar-refractivity contribution in [3.05, 3.63) is 164 Å². The fourth-order valence-electron chi connectivity index (χ4n) is 11.4. The molecule has 0 spiro atoms. The quantitative estimate of drug-likeness (QED) is 0.0710. The van der Waals surface area contributed by atoms with Crippen LogP contribution >= 0.6 is 23.2 Å². The molecule has 0 saturated carbocycles. The highest BCUT2D eigenvalue weighted by atomic mass is 35.5. The second kappa shape index (κ2) is 27.3. The summed E-state index contributed by atoms with van der Waals surface area (Å²) in [5, 5.41) is 40.0. The van der Waals surface area contributed by atoms with Gasteiger partial charge in [0.1, 0.15) is 82.6 Å². The lowest BCUT2D eigenvalue weighted by atomic mass is 9.89. The highest BCUT2D eigenvalue weighted by Gasteiger charge is 2.44. The Morgan fingerprint density at radius 2 is 1.08 bits per heavy atom. The predicted octanol–water partition coefficient (Wildman–Crippen LogP) is 7.52. The molecular weight excluding hydrogens is 1320 g/mol. The highest BCUT2D eigenvalue weighted by Crippen LogP contribution is 2.49. The van der Waals surface area contributed by atoms with E-state index in [9.17, 15) is 42.6 Å². The summed E-state index contributed by atoms with van der Waals surface area (Å²) in [5.41, 5.74) is -0.867. The van der Waals surface area contributed by atoms with Crippen molar-refractivity contribution in [1.29, 1.82) is 0 Å². The number of hydrogen-bond donors (Lipinski definition) is 9. The van der Waals surface area contributed by atoms with Crippen LogP contribution in [0.25, 0.3) is 11.1 Å². The second-order valence-corrected chi connectivity index (χ2v) is 22.9. The summed E-state index contributed by atoms with van der Waals surface area (Å²) in [7, 11) is 7.59.